The summed E-state index contributed by atoms with van der Waals surface area (Å²) >= 11 is 9.76. The number of hydrogen-bond acceptors (Lipinski definition) is 4. The van der Waals surface area contributed by atoms with E-state index in [0.29, 0.717) is 53.4 Å². The van der Waals surface area contributed by atoms with Crippen LogP contribution in [0, 0.1) is 0 Å². The predicted octanol–water partition coefficient (Wildman–Crippen LogP) is 6.41. The molecule has 0 saturated heterocycles. The minimum absolute atomic E-state index is 0.0931. The van der Waals surface area contributed by atoms with Gasteiger partial charge < -0.3 is 9.80 Å². The van der Waals surface area contributed by atoms with E-state index in [9.17, 15) is 9.59 Å². The number of nitrogens with zero attached hydrogens (tertiary/aromatic N) is 4. The molecule has 0 aliphatic rings. The summed E-state index contributed by atoms with van der Waals surface area (Å²) in [6, 6.07) is 22.0. The molecular weight excluding hydrogens is 564 g/mol. The van der Waals surface area contributed by atoms with Gasteiger partial charge in [-0.05, 0) is 68.5 Å². The monoisotopic (exact) mass is 594 g/mol. The van der Waals surface area contributed by atoms with Crippen molar-refractivity contribution in [1.29, 1.82) is 0 Å². The molecule has 0 aliphatic carbocycles. The van der Waals surface area contributed by atoms with Crippen molar-refractivity contribution in [1.82, 2.24) is 19.4 Å². The van der Waals surface area contributed by atoms with Crippen molar-refractivity contribution in [2.75, 3.05) is 27.2 Å². The summed E-state index contributed by atoms with van der Waals surface area (Å²) in [6.07, 6.45) is 1.47. The Labute approximate surface area is 237 Å². The predicted molar refractivity (Wildman–Crippen MR) is 158 cm³/mol. The molecule has 0 N–H and O–H groups in total. The van der Waals surface area contributed by atoms with Gasteiger partial charge in [0, 0.05) is 28.1 Å². The average molecular weight is 596 g/mol. The van der Waals surface area contributed by atoms with Crippen LogP contribution in [0.25, 0.3) is 10.9 Å². The van der Waals surface area contributed by atoms with Crippen molar-refractivity contribution in [2.45, 2.75) is 32.4 Å². The second-order valence-electron chi connectivity index (χ2n) is 9.62. The topological polar surface area (TPSA) is 58.4 Å². The van der Waals surface area contributed by atoms with Crippen LogP contribution >= 0.6 is 27.5 Å². The van der Waals surface area contributed by atoms with Gasteiger partial charge >= 0.3 is 0 Å². The number of rotatable bonds is 10. The number of carbonyl (C=O) groups excluding carboxylic acids is 1. The van der Waals surface area contributed by atoms with Crippen molar-refractivity contribution in [3.8, 4) is 0 Å². The second-order valence-corrected chi connectivity index (χ2v) is 11.0. The highest BCUT2D eigenvalue weighted by molar-refractivity contribution is 9.10. The van der Waals surface area contributed by atoms with Crippen molar-refractivity contribution < 1.29 is 4.79 Å². The fourth-order valence-corrected chi connectivity index (χ4v) is 4.98. The third-order valence-corrected chi connectivity index (χ3v) is 7.27. The van der Waals surface area contributed by atoms with Crippen LogP contribution in [-0.4, -0.2) is 52.4 Å². The smallest absolute Gasteiger partial charge is 0.261 e. The molecule has 0 aliphatic heterocycles. The molecule has 198 valence electrons. The van der Waals surface area contributed by atoms with Crippen LogP contribution in [0.2, 0.25) is 5.02 Å². The van der Waals surface area contributed by atoms with E-state index >= 15 is 0 Å². The summed E-state index contributed by atoms with van der Waals surface area (Å²) in [6.45, 7) is 3.60. The van der Waals surface area contributed by atoms with Gasteiger partial charge in [-0.1, -0.05) is 71.2 Å². The van der Waals surface area contributed by atoms with Crippen molar-refractivity contribution in [2.24, 2.45) is 0 Å². The number of halogens is 2. The standard InChI is InChI=1S/C30H32BrClN4O2/c1-4-8-27(35(18-17-34(2)3)29(37)22-11-13-23(31)14-12-22)28-33-26-19-24(32)15-16-25(26)30(38)36(28)20-21-9-6-5-7-10-21/h5-7,9-16,19,27H,4,8,17-18,20H2,1-3H3. The molecule has 0 fully saturated rings. The van der Waals surface area contributed by atoms with Crippen LogP contribution in [-0.2, 0) is 6.54 Å². The minimum atomic E-state index is -0.407. The Morgan fingerprint density at radius 1 is 1.03 bits per heavy atom. The highest BCUT2D eigenvalue weighted by atomic mass is 79.9. The average Bonchev–Trinajstić information content (AvgIpc) is 2.90. The van der Waals surface area contributed by atoms with Gasteiger partial charge in [0.05, 0.1) is 23.5 Å². The summed E-state index contributed by atoms with van der Waals surface area (Å²) in [4.78, 5) is 36.8. The number of fused-ring (bicyclic) bond motifs is 1. The molecule has 38 heavy (non-hydrogen) atoms. The zero-order chi connectivity index (χ0) is 27.2. The Balaban J connectivity index is 1.91. The van der Waals surface area contributed by atoms with E-state index in [2.05, 4.69) is 27.8 Å². The molecule has 1 aromatic heterocycles. The largest absolute Gasteiger partial charge is 0.327 e. The molecule has 4 aromatic rings. The molecule has 1 unspecified atom stereocenters. The first-order valence-electron chi connectivity index (χ1n) is 12.7. The summed E-state index contributed by atoms with van der Waals surface area (Å²) in [5.41, 5.74) is 1.97. The normalized spacial score (nSPS) is 12.2. The zero-order valence-corrected chi connectivity index (χ0v) is 24.2. The number of aromatic nitrogens is 2. The molecule has 1 heterocycles. The summed E-state index contributed by atoms with van der Waals surface area (Å²) in [5, 5.41) is 1.02. The Hall–Kier alpha value is -3.00. The molecular formula is C30H32BrClN4O2. The van der Waals surface area contributed by atoms with E-state index < -0.39 is 6.04 Å². The summed E-state index contributed by atoms with van der Waals surface area (Å²) < 4.78 is 2.63. The van der Waals surface area contributed by atoms with Gasteiger partial charge in [-0.15, -0.1) is 0 Å². The first kappa shape index (κ1) is 28.0. The van der Waals surface area contributed by atoms with E-state index in [1.807, 2.05) is 73.6 Å². The van der Waals surface area contributed by atoms with Crippen molar-refractivity contribution in [3.63, 3.8) is 0 Å². The maximum absolute atomic E-state index is 14.0. The third kappa shape index (κ3) is 6.52. The lowest BCUT2D eigenvalue weighted by Crippen LogP contribution is -2.42. The molecule has 3 aromatic carbocycles. The van der Waals surface area contributed by atoms with E-state index in [1.54, 1.807) is 22.8 Å². The van der Waals surface area contributed by atoms with Crippen LogP contribution in [0.1, 0.15) is 47.6 Å². The Bertz CT molecular complexity index is 1460. The lowest BCUT2D eigenvalue weighted by molar-refractivity contribution is 0.0636. The van der Waals surface area contributed by atoms with Crippen molar-refractivity contribution in [3.05, 3.63) is 110 Å². The second kappa shape index (κ2) is 12.7. The SMILES string of the molecule is CCCC(c1nc2cc(Cl)ccc2c(=O)n1Cc1ccccc1)N(CCN(C)C)C(=O)c1ccc(Br)cc1. The van der Waals surface area contributed by atoms with Gasteiger partial charge in [0.2, 0.25) is 0 Å². The van der Waals surface area contributed by atoms with E-state index in [1.165, 1.54) is 0 Å². The number of amides is 1. The molecule has 6 nitrogen and oxygen atoms in total. The van der Waals surface area contributed by atoms with Gasteiger partial charge in [-0.2, -0.15) is 0 Å². The summed E-state index contributed by atoms with van der Waals surface area (Å²) in [7, 11) is 3.97. The molecule has 8 heteroatoms. The Kier molecular flexibility index (Phi) is 9.36. The quantitative estimate of drug-likeness (QED) is 0.213. The third-order valence-electron chi connectivity index (χ3n) is 6.51. The van der Waals surface area contributed by atoms with Crippen LogP contribution in [0.5, 0.6) is 0 Å². The van der Waals surface area contributed by atoms with E-state index in [4.69, 9.17) is 16.6 Å². The molecule has 1 atom stereocenters. The maximum Gasteiger partial charge on any atom is 0.261 e. The van der Waals surface area contributed by atoms with E-state index in [0.717, 1.165) is 16.5 Å². The number of likely N-dealkylation sites (N-methyl/N-ethyl adjacent to an activating group) is 1. The van der Waals surface area contributed by atoms with Gasteiger partial charge in [-0.3, -0.25) is 14.2 Å². The highest BCUT2D eigenvalue weighted by Gasteiger charge is 2.30. The van der Waals surface area contributed by atoms with Crippen LogP contribution < -0.4 is 5.56 Å². The molecule has 0 bridgehead atoms. The first-order chi connectivity index (χ1) is 18.3. The van der Waals surface area contributed by atoms with Gasteiger partial charge in [-0.25, -0.2) is 4.98 Å². The lowest BCUT2D eigenvalue weighted by Gasteiger charge is -2.34. The molecule has 4 rings (SSSR count). The highest BCUT2D eigenvalue weighted by Crippen LogP contribution is 2.28. The fourth-order valence-electron chi connectivity index (χ4n) is 4.55. The van der Waals surface area contributed by atoms with Gasteiger partial charge in [0.1, 0.15) is 5.82 Å². The van der Waals surface area contributed by atoms with Crippen LogP contribution in [0.4, 0.5) is 0 Å². The molecule has 0 radical (unpaired) electrons. The molecule has 1 amide bonds. The summed E-state index contributed by atoms with van der Waals surface area (Å²) in [5.74, 6) is 0.476. The van der Waals surface area contributed by atoms with E-state index in [-0.39, 0.29) is 11.5 Å². The van der Waals surface area contributed by atoms with Gasteiger partial charge in [0.15, 0.2) is 0 Å². The number of hydrogen-bond donors (Lipinski definition) is 0. The Morgan fingerprint density at radius 2 is 1.74 bits per heavy atom. The minimum Gasteiger partial charge on any atom is -0.327 e. The first-order valence-corrected chi connectivity index (χ1v) is 13.9. The maximum atomic E-state index is 14.0. The molecule has 0 spiro atoms. The fraction of sp³-hybridized carbons (Fsp3) is 0.300. The number of benzene rings is 3. The van der Waals surface area contributed by atoms with Crippen LogP contribution in [0.15, 0.2) is 82.1 Å². The van der Waals surface area contributed by atoms with Crippen molar-refractivity contribution >= 4 is 44.3 Å². The zero-order valence-electron chi connectivity index (χ0n) is 21.9. The molecule has 0 saturated carbocycles. The number of carbonyl (C=O) groups is 1. The lowest BCUT2D eigenvalue weighted by atomic mass is 10.1. The Morgan fingerprint density at radius 3 is 2.39 bits per heavy atom. The van der Waals surface area contributed by atoms with Gasteiger partial charge in [0.25, 0.3) is 11.5 Å². The van der Waals surface area contributed by atoms with Crippen LogP contribution in [0.3, 0.4) is 0 Å².